The van der Waals surface area contributed by atoms with Crippen molar-refractivity contribution in [3.63, 3.8) is 0 Å². The van der Waals surface area contributed by atoms with Crippen LogP contribution in [0.2, 0.25) is 15.3 Å². The summed E-state index contributed by atoms with van der Waals surface area (Å²) in [5.74, 6) is 0.296. The average molecular weight is 425 g/mol. The summed E-state index contributed by atoms with van der Waals surface area (Å²) >= 11 is 19.2. The van der Waals surface area contributed by atoms with E-state index in [0.29, 0.717) is 37.4 Å². The third kappa shape index (κ3) is 5.11. The van der Waals surface area contributed by atoms with Crippen molar-refractivity contribution in [2.45, 2.75) is 10.8 Å². The van der Waals surface area contributed by atoms with Crippen molar-refractivity contribution < 1.29 is 4.79 Å². The highest BCUT2D eigenvalue weighted by molar-refractivity contribution is 7.98. The Morgan fingerprint density at radius 1 is 1.04 bits per heavy atom. The van der Waals surface area contributed by atoms with Gasteiger partial charge < -0.3 is 5.32 Å². The second kappa shape index (κ2) is 8.73. The number of hydrogen-bond acceptors (Lipinski definition) is 4. The zero-order valence-electron chi connectivity index (χ0n) is 13.2. The Labute approximate surface area is 169 Å². The van der Waals surface area contributed by atoms with Crippen molar-refractivity contribution in [3.05, 3.63) is 81.2 Å². The molecule has 0 saturated carbocycles. The van der Waals surface area contributed by atoms with Crippen LogP contribution < -0.4 is 5.32 Å². The number of aromatic nitrogens is 2. The largest absolute Gasteiger partial charge is 0.322 e. The van der Waals surface area contributed by atoms with Gasteiger partial charge in [-0.1, -0.05) is 40.9 Å². The lowest BCUT2D eigenvalue weighted by Crippen LogP contribution is -2.13. The minimum atomic E-state index is -0.256. The van der Waals surface area contributed by atoms with E-state index in [0.717, 1.165) is 5.56 Å². The lowest BCUT2D eigenvalue weighted by atomic mass is 10.2. The van der Waals surface area contributed by atoms with Gasteiger partial charge in [0.2, 0.25) is 0 Å². The number of anilines is 1. The van der Waals surface area contributed by atoms with Gasteiger partial charge in [-0.05, 0) is 48.0 Å². The average Bonchev–Trinajstić information content (AvgIpc) is 2.59. The zero-order valence-corrected chi connectivity index (χ0v) is 16.3. The molecule has 0 unspecified atom stereocenters. The Bertz CT molecular complexity index is 932. The Hall–Kier alpha value is -1.79. The van der Waals surface area contributed by atoms with Gasteiger partial charge in [0.25, 0.3) is 5.91 Å². The number of thioether (sulfide) groups is 1. The smallest absolute Gasteiger partial charge is 0.258 e. The maximum atomic E-state index is 12.6. The quantitative estimate of drug-likeness (QED) is 0.404. The van der Waals surface area contributed by atoms with E-state index in [1.165, 1.54) is 11.8 Å². The van der Waals surface area contributed by atoms with Gasteiger partial charge in [-0.2, -0.15) is 0 Å². The van der Waals surface area contributed by atoms with E-state index in [1.807, 2.05) is 0 Å². The van der Waals surface area contributed by atoms with Crippen molar-refractivity contribution in [2.24, 2.45) is 0 Å². The van der Waals surface area contributed by atoms with Crippen LogP contribution in [0.3, 0.4) is 0 Å². The fraction of sp³-hybridized carbons (Fsp3) is 0.0556. The van der Waals surface area contributed by atoms with Crippen molar-refractivity contribution in [1.82, 2.24) is 9.97 Å². The number of benzene rings is 1. The summed E-state index contributed by atoms with van der Waals surface area (Å²) in [6.45, 7) is 0. The molecule has 3 rings (SSSR count). The number of amides is 1. The summed E-state index contributed by atoms with van der Waals surface area (Å²) in [7, 11) is 0. The predicted octanol–water partition coefficient (Wildman–Crippen LogP) is 5.98. The van der Waals surface area contributed by atoms with Crippen LogP contribution in [0.25, 0.3) is 0 Å². The SMILES string of the molecule is O=C(Nc1cccc(Cl)c1)c1cccnc1SCc1cc(Cl)nc(Cl)c1. The molecule has 2 aromatic heterocycles. The Kier molecular flexibility index (Phi) is 6.38. The van der Waals surface area contributed by atoms with Crippen LogP contribution in [0.5, 0.6) is 0 Å². The maximum absolute atomic E-state index is 12.6. The van der Waals surface area contributed by atoms with Crippen LogP contribution in [0.15, 0.2) is 59.8 Å². The molecule has 0 bridgehead atoms. The van der Waals surface area contributed by atoms with E-state index in [9.17, 15) is 4.79 Å². The standard InChI is InChI=1S/C18H12Cl3N3OS/c19-12-3-1-4-13(9-12)23-17(25)14-5-2-6-22-18(14)26-10-11-7-15(20)24-16(21)8-11/h1-9H,10H2,(H,23,25). The Morgan fingerprint density at radius 3 is 2.54 bits per heavy atom. The highest BCUT2D eigenvalue weighted by Crippen LogP contribution is 2.27. The summed E-state index contributed by atoms with van der Waals surface area (Å²) < 4.78 is 0. The van der Waals surface area contributed by atoms with Crippen molar-refractivity contribution in [2.75, 3.05) is 5.32 Å². The molecule has 0 aliphatic carbocycles. The lowest BCUT2D eigenvalue weighted by molar-refractivity contribution is 0.102. The first-order valence-corrected chi connectivity index (χ1v) is 9.60. The zero-order chi connectivity index (χ0) is 18.5. The molecular formula is C18H12Cl3N3OS. The normalized spacial score (nSPS) is 10.6. The molecule has 0 radical (unpaired) electrons. The Morgan fingerprint density at radius 2 is 1.81 bits per heavy atom. The highest BCUT2D eigenvalue weighted by atomic mass is 35.5. The van der Waals surface area contributed by atoms with Gasteiger partial charge in [0.1, 0.15) is 15.3 Å². The number of carbonyl (C=O) groups excluding carboxylic acids is 1. The van der Waals surface area contributed by atoms with Crippen LogP contribution in [0, 0.1) is 0 Å². The molecule has 0 aliphatic rings. The van der Waals surface area contributed by atoms with Gasteiger partial charge in [-0.15, -0.1) is 11.8 Å². The molecular weight excluding hydrogens is 413 g/mol. The molecule has 26 heavy (non-hydrogen) atoms. The first-order chi connectivity index (χ1) is 12.5. The molecule has 0 fully saturated rings. The molecule has 1 N–H and O–H groups in total. The van der Waals surface area contributed by atoms with Gasteiger partial charge in [0.15, 0.2) is 0 Å². The van der Waals surface area contributed by atoms with E-state index >= 15 is 0 Å². The predicted molar refractivity (Wildman–Crippen MR) is 107 cm³/mol. The Balaban J connectivity index is 1.76. The summed E-state index contributed by atoms with van der Waals surface area (Å²) in [6, 6.07) is 13.9. The van der Waals surface area contributed by atoms with Crippen molar-refractivity contribution in [1.29, 1.82) is 0 Å². The topological polar surface area (TPSA) is 54.9 Å². The molecule has 0 spiro atoms. The third-order valence-electron chi connectivity index (χ3n) is 3.30. The number of hydrogen-bond donors (Lipinski definition) is 1. The summed E-state index contributed by atoms with van der Waals surface area (Å²) in [5.41, 5.74) is 1.99. The number of nitrogens with zero attached hydrogens (tertiary/aromatic N) is 2. The number of rotatable bonds is 5. The maximum Gasteiger partial charge on any atom is 0.258 e. The molecule has 4 nitrogen and oxygen atoms in total. The monoisotopic (exact) mass is 423 g/mol. The molecule has 0 aliphatic heterocycles. The van der Waals surface area contributed by atoms with E-state index < -0.39 is 0 Å². The first kappa shape index (κ1) is 19.0. The molecule has 1 aromatic carbocycles. The lowest BCUT2D eigenvalue weighted by Gasteiger charge is -2.09. The summed E-state index contributed by atoms with van der Waals surface area (Å²) in [5, 5.41) is 4.64. The minimum absolute atomic E-state index is 0.256. The number of carbonyl (C=O) groups is 1. The molecule has 2 heterocycles. The second-order valence-electron chi connectivity index (χ2n) is 5.23. The van der Waals surface area contributed by atoms with Gasteiger partial charge in [-0.25, -0.2) is 9.97 Å². The van der Waals surface area contributed by atoms with Crippen LogP contribution in [-0.4, -0.2) is 15.9 Å². The van der Waals surface area contributed by atoms with E-state index in [1.54, 1.807) is 54.7 Å². The van der Waals surface area contributed by atoms with E-state index in [-0.39, 0.29) is 5.91 Å². The van der Waals surface area contributed by atoms with Crippen LogP contribution in [-0.2, 0) is 5.75 Å². The first-order valence-electron chi connectivity index (χ1n) is 7.48. The third-order valence-corrected chi connectivity index (χ3v) is 5.00. The van der Waals surface area contributed by atoms with E-state index in [2.05, 4.69) is 15.3 Å². The molecule has 0 saturated heterocycles. The van der Waals surface area contributed by atoms with E-state index in [4.69, 9.17) is 34.8 Å². The fourth-order valence-corrected chi connectivity index (χ4v) is 3.81. The van der Waals surface area contributed by atoms with Crippen LogP contribution in [0.1, 0.15) is 15.9 Å². The van der Waals surface area contributed by atoms with Gasteiger partial charge >= 0.3 is 0 Å². The minimum Gasteiger partial charge on any atom is -0.322 e. The van der Waals surface area contributed by atoms with Gasteiger partial charge in [-0.3, -0.25) is 4.79 Å². The molecule has 3 aromatic rings. The highest BCUT2D eigenvalue weighted by Gasteiger charge is 2.14. The van der Waals surface area contributed by atoms with Crippen LogP contribution in [0.4, 0.5) is 5.69 Å². The molecule has 132 valence electrons. The molecule has 0 atom stereocenters. The van der Waals surface area contributed by atoms with Crippen LogP contribution >= 0.6 is 46.6 Å². The number of halogens is 3. The van der Waals surface area contributed by atoms with Crippen molar-refractivity contribution >= 4 is 58.2 Å². The summed E-state index contributed by atoms with van der Waals surface area (Å²) in [4.78, 5) is 20.8. The second-order valence-corrected chi connectivity index (χ2v) is 7.41. The number of pyridine rings is 2. The fourth-order valence-electron chi connectivity index (χ4n) is 2.19. The molecule has 8 heteroatoms. The van der Waals surface area contributed by atoms with Crippen molar-refractivity contribution in [3.8, 4) is 0 Å². The number of nitrogens with one attached hydrogen (secondary N) is 1. The van der Waals surface area contributed by atoms with Gasteiger partial charge in [0.05, 0.1) is 5.56 Å². The molecule has 1 amide bonds. The van der Waals surface area contributed by atoms with Gasteiger partial charge in [0, 0.05) is 22.7 Å². The summed E-state index contributed by atoms with van der Waals surface area (Å²) in [6.07, 6.45) is 1.64.